The number of nitrogens with zero attached hydrogens (tertiary/aromatic N) is 1. The number of aliphatic hydroxyl groups is 3. The number of benzene rings is 2. The smallest absolute Gasteiger partial charge is 0.222 e. The first kappa shape index (κ1) is 31.8. The van der Waals surface area contributed by atoms with Gasteiger partial charge >= 0.3 is 0 Å². The summed E-state index contributed by atoms with van der Waals surface area (Å²) in [5.74, 6) is 2.52. The molecule has 1 aliphatic heterocycles. The molecule has 4 N–H and O–H groups in total. The van der Waals surface area contributed by atoms with Crippen LogP contribution < -0.4 is 5.32 Å². The van der Waals surface area contributed by atoms with Crippen LogP contribution >= 0.6 is 11.2 Å². The predicted molar refractivity (Wildman–Crippen MR) is 157 cm³/mol. The van der Waals surface area contributed by atoms with E-state index in [0.717, 1.165) is 27.8 Å². The minimum Gasteiger partial charge on any atom is -0.387 e. The zero-order valence-electron chi connectivity index (χ0n) is 23.4. The standard InChI is InChI=1S/C31H40N2O6S/c1-5-14-33(3)15-13-32-27(34)12-16-38-19-23-9-7-22(8-10-23)17-25-18-24(11-6-21(25)2)31-30(37)29(36)28(35)26(39-31)20-40-4/h1,6-11,18,26,28-31,35-37H,12-17,19H2,2-4H3,(H,32,34)/t26?,28-,29+,30-,31+/m1/s1. The molecule has 1 unspecified atom stereocenters. The van der Waals surface area contributed by atoms with Crippen LogP contribution in [0.5, 0.6) is 0 Å². The van der Waals surface area contributed by atoms with E-state index in [1.54, 1.807) is 6.26 Å². The molecule has 3 rings (SSSR count). The van der Waals surface area contributed by atoms with E-state index < -0.39 is 30.5 Å². The van der Waals surface area contributed by atoms with Crippen molar-refractivity contribution in [2.24, 2.45) is 0 Å². The molecule has 0 saturated carbocycles. The fourth-order valence-corrected chi connectivity index (χ4v) is 4.89. The van der Waals surface area contributed by atoms with Crippen LogP contribution in [0, 0.1) is 24.5 Å². The molecule has 5 atom stereocenters. The Balaban J connectivity index is 1.51. The van der Waals surface area contributed by atoms with Gasteiger partial charge in [0, 0.05) is 25.8 Å². The van der Waals surface area contributed by atoms with Crippen LogP contribution in [-0.2, 0) is 27.3 Å². The molecule has 1 heterocycles. The molecule has 2 aromatic carbocycles. The molecular formula is C31H40N2O6S. The van der Waals surface area contributed by atoms with E-state index in [4.69, 9.17) is 15.9 Å². The summed E-state index contributed by atoms with van der Waals surface area (Å²) in [5.41, 5.74) is 5.04. The number of hydrogen-bond donors (Lipinski definition) is 4. The molecule has 40 heavy (non-hydrogen) atoms. The summed E-state index contributed by atoms with van der Waals surface area (Å²) in [5, 5.41) is 37.0. The number of aryl methyl sites for hydroxylation is 1. The van der Waals surface area contributed by atoms with Gasteiger partial charge in [0.05, 0.1) is 19.8 Å². The van der Waals surface area contributed by atoms with Crippen molar-refractivity contribution in [3.05, 3.63) is 70.3 Å². The fourth-order valence-electron chi connectivity index (χ4n) is 4.46. The summed E-state index contributed by atoms with van der Waals surface area (Å²) in [6.45, 7) is 4.60. The second kappa shape index (κ2) is 15.9. The van der Waals surface area contributed by atoms with E-state index in [2.05, 4.69) is 28.6 Å². The zero-order chi connectivity index (χ0) is 29.1. The Morgan fingerprint density at radius 1 is 1.12 bits per heavy atom. The van der Waals surface area contributed by atoms with E-state index in [9.17, 15) is 20.1 Å². The minimum atomic E-state index is -1.33. The number of rotatable bonds is 12. The van der Waals surface area contributed by atoms with Gasteiger partial charge in [0.25, 0.3) is 0 Å². The van der Waals surface area contributed by atoms with Crippen LogP contribution in [0.1, 0.15) is 40.3 Å². The van der Waals surface area contributed by atoms with Gasteiger partial charge in [-0.25, -0.2) is 0 Å². The summed E-state index contributed by atoms with van der Waals surface area (Å²) in [4.78, 5) is 13.9. The number of nitrogens with one attached hydrogen (secondary N) is 1. The lowest BCUT2D eigenvalue weighted by atomic mass is 9.89. The molecule has 0 bridgehead atoms. The number of carbonyl (C=O) groups is 1. The third kappa shape index (κ3) is 9.13. The maximum absolute atomic E-state index is 12.0. The highest BCUT2D eigenvalue weighted by Crippen LogP contribution is 2.33. The summed E-state index contributed by atoms with van der Waals surface area (Å²) in [6.07, 6.45) is 2.64. The molecule has 0 spiro atoms. The normalized spacial score (nSPS) is 22.4. The zero-order valence-corrected chi connectivity index (χ0v) is 24.2. The molecule has 9 heteroatoms. The second-order valence-corrected chi connectivity index (χ2v) is 10.7. The molecule has 0 radical (unpaired) electrons. The summed E-state index contributed by atoms with van der Waals surface area (Å²) >= 11 is 1.27. The fraction of sp³-hybridized carbons (Fsp3) is 0.484. The molecule has 1 fully saturated rings. The van der Waals surface area contributed by atoms with Crippen LogP contribution in [0.4, 0.5) is 0 Å². The Kier molecular flexibility index (Phi) is 12.6. The van der Waals surface area contributed by atoms with E-state index in [0.29, 0.717) is 45.7 Å². The largest absolute Gasteiger partial charge is 0.387 e. The van der Waals surface area contributed by atoms with Gasteiger partial charge in [0.2, 0.25) is 5.91 Å². The van der Waals surface area contributed by atoms with Gasteiger partial charge in [-0.1, -0.05) is 53.6 Å². The topological polar surface area (TPSA) is 111 Å². The number of likely N-dealkylation sites (N-methyl/N-ethyl adjacent to an activating group) is 1. The van der Waals surface area contributed by atoms with Crippen LogP contribution in [0.3, 0.4) is 0 Å². The lowest BCUT2D eigenvalue weighted by Gasteiger charge is -2.39. The first-order valence-corrected chi connectivity index (χ1v) is 14.6. The highest BCUT2D eigenvalue weighted by atomic mass is 32.1. The maximum Gasteiger partial charge on any atom is 0.222 e. The number of hydrogen-bond acceptors (Lipinski definition) is 7. The molecule has 8 nitrogen and oxygen atoms in total. The van der Waals surface area contributed by atoms with Crippen molar-refractivity contribution < 1.29 is 29.6 Å². The first-order chi connectivity index (χ1) is 19.2. The average Bonchev–Trinajstić information content (AvgIpc) is 2.94. The lowest BCUT2D eigenvalue weighted by Crippen LogP contribution is -2.53. The van der Waals surface area contributed by atoms with Crippen molar-refractivity contribution in [3.8, 4) is 17.5 Å². The van der Waals surface area contributed by atoms with E-state index >= 15 is 0 Å². The number of carbonyl (C=O) groups excluding carboxylic acids is 1. The van der Waals surface area contributed by atoms with Crippen molar-refractivity contribution in [1.29, 1.82) is 0 Å². The predicted octanol–water partition coefficient (Wildman–Crippen LogP) is 2.02. The molecule has 1 aliphatic rings. The van der Waals surface area contributed by atoms with Gasteiger partial charge in [-0.3, -0.25) is 9.69 Å². The van der Waals surface area contributed by atoms with E-state index in [-0.39, 0.29) is 5.91 Å². The number of terminal acetylenes is 1. The van der Waals surface area contributed by atoms with E-state index in [1.165, 1.54) is 11.2 Å². The maximum atomic E-state index is 12.0. The quantitative estimate of drug-likeness (QED) is 0.229. The Hall–Kier alpha value is -2.77. The molecule has 216 valence electrons. The molecule has 0 aliphatic carbocycles. The number of ether oxygens (including phenoxy) is 2. The van der Waals surface area contributed by atoms with Gasteiger partial charge in [0.15, 0.2) is 0 Å². The van der Waals surface area contributed by atoms with E-state index in [1.807, 2.05) is 49.2 Å². The molecule has 1 amide bonds. The molecule has 1 saturated heterocycles. The summed E-state index contributed by atoms with van der Waals surface area (Å²) in [6, 6.07) is 14.0. The Morgan fingerprint density at radius 3 is 2.55 bits per heavy atom. The van der Waals surface area contributed by atoms with Crippen molar-refractivity contribution in [2.45, 2.75) is 56.9 Å². The highest BCUT2D eigenvalue weighted by Gasteiger charge is 2.43. The summed E-state index contributed by atoms with van der Waals surface area (Å²) in [7, 11) is 1.91. The Morgan fingerprint density at radius 2 is 1.85 bits per heavy atom. The third-order valence-electron chi connectivity index (χ3n) is 6.89. The SMILES string of the molecule is C#CCN(C)CCNC(=O)CCOCc1ccc(Cc2cc([C@@H]3OC(C#SC)[C@@H](O)[C@H](O)[C@H]3O)ccc2C)cc1. The van der Waals surface area contributed by atoms with Crippen LogP contribution in [0.2, 0.25) is 0 Å². The van der Waals surface area contributed by atoms with Crippen LogP contribution in [-0.4, -0.2) is 90.1 Å². The monoisotopic (exact) mass is 568 g/mol. The summed E-state index contributed by atoms with van der Waals surface area (Å²) < 4.78 is 11.6. The van der Waals surface area contributed by atoms with Gasteiger partial charge in [-0.05, 0) is 48.2 Å². The van der Waals surface area contributed by atoms with Gasteiger partial charge < -0.3 is 30.1 Å². The Labute approximate surface area is 240 Å². The van der Waals surface area contributed by atoms with Crippen molar-refractivity contribution in [3.63, 3.8) is 0 Å². The third-order valence-corrected chi connectivity index (χ3v) is 7.35. The minimum absolute atomic E-state index is 0.0464. The highest BCUT2D eigenvalue weighted by molar-refractivity contribution is 7.87. The van der Waals surface area contributed by atoms with Crippen LogP contribution in [0.25, 0.3) is 0 Å². The van der Waals surface area contributed by atoms with Crippen molar-refractivity contribution >= 4 is 17.1 Å². The molecular weight excluding hydrogens is 528 g/mol. The lowest BCUT2D eigenvalue weighted by molar-refractivity contribution is -0.209. The van der Waals surface area contributed by atoms with Crippen molar-refractivity contribution in [2.75, 3.05) is 39.5 Å². The van der Waals surface area contributed by atoms with Gasteiger partial charge in [-0.2, -0.15) is 0 Å². The van der Waals surface area contributed by atoms with Crippen LogP contribution in [0.15, 0.2) is 42.5 Å². The number of aliphatic hydroxyl groups excluding tert-OH is 3. The number of amides is 1. The Bertz CT molecular complexity index is 1220. The second-order valence-electron chi connectivity index (χ2n) is 10.0. The molecule has 2 aromatic rings. The first-order valence-electron chi connectivity index (χ1n) is 13.3. The van der Waals surface area contributed by atoms with Gasteiger partial charge in [0.1, 0.15) is 30.5 Å². The van der Waals surface area contributed by atoms with Crippen molar-refractivity contribution in [1.82, 2.24) is 10.2 Å². The molecule has 0 aromatic heterocycles. The van der Waals surface area contributed by atoms with Gasteiger partial charge in [-0.15, -0.1) is 17.6 Å². The average molecular weight is 569 g/mol.